The van der Waals surface area contributed by atoms with Gasteiger partial charge in [-0.3, -0.25) is 4.72 Å². The van der Waals surface area contributed by atoms with Crippen molar-refractivity contribution in [3.05, 3.63) is 28.7 Å². The van der Waals surface area contributed by atoms with Gasteiger partial charge in [-0.1, -0.05) is 22.0 Å². The van der Waals surface area contributed by atoms with E-state index in [1.165, 1.54) is 4.31 Å². The van der Waals surface area contributed by atoms with E-state index < -0.39 is 10.2 Å². The molecule has 1 fully saturated rings. The molecule has 0 atom stereocenters. The molecule has 3 N–H and O–H groups in total. The average molecular weight is 348 g/mol. The summed E-state index contributed by atoms with van der Waals surface area (Å²) in [6.45, 7) is 1.70. The molecule has 0 aromatic heterocycles. The second-order valence-electron chi connectivity index (χ2n) is 4.70. The van der Waals surface area contributed by atoms with Crippen molar-refractivity contribution in [2.45, 2.75) is 12.8 Å². The predicted octanol–water partition coefficient (Wildman–Crippen LogP) is 1.78. The number of nitrogens with zero attached hydrogens (tertiary/aromatic N) is 1. The van der Waals surface area contributed by atoms with Gasteiger partial charge in [-0.05, 0) is 43.5 Å². The third-order valence-corrected chi connectivity index (χ3v) is 5.35. The Morgan fingerprint density at radius 3 is 2.63 bits per heavy atom. The van der Waals surface area contributed by atoms with Crippen molar-refractivity contribution in [1.82, 2.24) is 4.31 Å². The van der Waals surface area contributed by atoms with Gasteiger partial charge in [0.2, 0.25) is 0 Å². The molecule has 0 unspecified atom stereocenters. The van der Waals surface area contributed by atoms with Crippen molar-refractivity contribution >= 4 is 31.8 Å². The van der Waals surface area contributed by atoms with Crippen molar-refractivity contribution in [1.29, 1.82) is 0 Å². The van der Waals surface area contributed by atoms with E-state index >= 15 is 0 Å². The van der Waals surface area contributed by atoms with Crippen LogP contribution in [0, 0.1) is 5.92 Å². The van der Waals surface area contributed by atoms with E-state index in [4.69, 9.17) is 5.73 Å². The zero-order chi connectivity index (χ0) is 13.9. The number of hydrogen-bond acceptors (Lipinski definition) is 3. The van der Waals surface area contributed by atoms with E-state index in [2.05, 4.69) is 20.7 Å². The van der Waals surface area contributed by atoms with Crippen molar-refractivity contribution < 1.29 is 8.42 Å². The summed E-state index contributed by atoms with van der Waals surface area (Å²) >= 11 is 3.32. The molecule has 0 radical (unpaired) electrons. The second-order valence-corrected chi connectivity index (χ2v) is 7.28. The van der Waals surface area contributed by atoms with E-state index in [9.17, 15) is 8.42 Å². The summed E-state index contributed by atoms with van der Waals surface area (Å²) in [7, 11) is -3.46. The SMILES string of the molecule is NCC1CCN(S(=O)(=O)Nc2cccc(Br)c2)CC1. The molecule has 1 aliphatic heterocycles. The van der Waals surface area contributed by atoms with Crippen LogP contribution in [0.4, 0.5) is 5.69 Å². The quantitative estimate of drug-likeness (QED) is 0.871. The Bertz CT molecular complexity index is 528. The molecule has 7 heteroatoms. The first-order valence-electron chi connectivity index (χ1n) is 6.25. The fraction of sp³-hybridized carbons (Fsp3) is 0.500. The van der Waals surface area contributed by atoms with Crippen LogP contribution in [0.15, 0.2) is 28.7 Å². The third kappa shape index (κ3) is 3.92. The van der Waals surface area contributed by atoms with Crippen LogP contribution in [0.1, 0.15) is 12.8 Å². The molecule has 2 rings (SSSR count). The maximum Gasteiger partial charge on any atom is 0.301 e. The highest BCUT2D eigenvalue weighted by Gasteiger charge is 2.27. The molecule has 19 heavy (non-hydrogen) atoms. The molecule has 1 aromatic carbocycles. The van der Waals surface area contributed by atoms with E-state index in [1.54, 1.807) is 18.2 Å². The summed E-state index contributed by atoms with van der Waals surface area (Å²) in [6.07, 6.45) is 1.66. The molecule has 0 amide bonds. The van der Waals surface area contributed by atoms with Crippen molar-refractivity contribution in [2.75, 3.05) is 24.4 Å². The number of halogens is 1. The van der Waals surface area contributed by atoms with Crippen LogP contribution in [0.2, 0.25) is 0 Å². The van der Waals surface area contributed by atoms with Gasteiger partial charge in [0, 0.05) is 17.6 Å². The molecule has 1 saturated heterocycles. The third-order valence-electron chi connectivity index (χ3n) is 3.32. The van der Waals surface area contributed by atoms with Crippen LogP contribution in [0.5, 0.6) is 0 Å². The van der Waals surface area contributed by atoms with Crippen molar-refractivity contribution in [3.8, 4) is 0 Å². The van der Waals surface area contributed by atoms with Gasteiger partial charge in [0.15, 0.2) is 0 Å². The maximum atomic E-state index is 12.2. The minimum Gasteiger partial charge on any atom is -0.330 e. The minimum atomic E-state index is -3.46. The Hall–Kier alpha value is -0.630. The molecule has 0 aliphatic carbocycles. The molecule has 1 aliphatic rings. The van der Waals surface area contributed by atoms with E-state index in [0.717, 1.165) is 17.3 Å². The summed E-state index contributed by atoms with van der Waals surface area (Å²) < 4.78 is 29.4. The number of hydrogen-bond donors (Lipinski definition) is 2. The summed E-state index contributed by atoms with van der Waals surface area (Å²) in [5, 5.41) is 0. The predicted molar refractivity (Wildman–Crippen MR) is 80.0 cm³/mol. The molecular formula is C12H18BrN3O2S. The lowest BCUT2D eigenvalue weighted by Gasteiger charge is -2.30. The Balaban J connectivity index is 2.03. The van der Waals surface area contributed by atoms with Crippen LogP contribution in [-0.2, 0) is 10.2 Å². The number of nitrogens with one attached hydrogen (secondary N) is 1. The lowest BCUT2D eigenvalue weighted by atomic mass is 9.99. The Morgan fingerprint density at radius 1 is 1.37 bits per heavy atom. The number of piperidine rings is 1. The van der Waals surface area contributed by atoms with Gasteiger partial charge in [0.05, 0.1) is 5.69 Å². The Labute approximate surface area is 122 Å². The summed E-state index contributed by atoms with van der Waals surface area (Å²) in [5.41, 5.74) is 6.17. The van der Waals surface area contributed by atoms with Crippen molar-refractivity contribution in [3.63, 3.8) is 0 Å². The molecule has 5 nitrogen and oxygen atoms in total. The zero-order valence-corrected chi connectivity index (χ0v) is 13.0. The van der Waals surface area contributed by atoms with Gasteiger partial charge in [-0.15, -0.1) is 0 Å². The van der Waals surface area contributed by atoms with E-state index in [1.807, 2.05) is 6.07 Å². The second kappa shape index (κ2) is 6.21. The summed E-state index contributed by atoms with van der Waals surface area (Å²) in [5.74, 6) is 0.442. The molecule has 0 saturated carbocycles. The number of benzene rings is 1. The summed E-state index contributed by atoms with van der Waals surface area (Å²) in [6, 6.07) is 7.12. The standard InChI is InChI=1S/C12H18BrN3O2S/c13-11-2-1-3-12(8-11)15-19(17,18)16-6-4-10(9-14)5-7-16/h1-3,8,10,15H,4-7,9,14H2. The fourth-order valence-electron chi connectivity index (χ4n) is 2.15. The average Bonchev–Trinajstić information content (AvgIpc) is 2.38. The highest BCUT2D eigenvalue weighted by atomic mass is 79.9. The normalized spacial score (nSPS) is 18.4. The van der Waals surface area contributed by atoms with Gasteiger partial charge < -0.3 is 5.73 Å². The number of anilines is 1. The topological polar surface area (TPSA) is 75.4 Å². The van der Waals surface area contributed by atoms with Gasteiger partial charge in [0.1, 0.15) is 0 Å². The summed E-state index contributed by atoms with van der Waals surface area (Å²) in [4.78, 5) is 0. The van der Waals surface area contributed by atoms with E-state index in [-0.39, 0.29) is 0 Å². The van der Waals surface area contributed by atoms with Crippen LogP contribution in [0.25, 0.3) is 0 Å². The highest BCUT2D eigenvalue weighted by Crippen LogP contribution is 2.21. The van der Waals surface area contributed by atoms with Gasteiger partial charge in [-0.2, -0.15) is 12.7 Å². The molecular weight excluding hydrogens is 330 g/mol. The zero-order valence-electron chi connectivity index (χ0n) is 10.5. The van der Waals surface area contributed by atoms with Gasteiger partial charge >= 0.3 is 10.2 Å². The minimum absolute atomic E-state index is 0.442. The molecule has 106 valence electrons. The van der Waals surface area contributed by atoms with Crippen LogP contribution >= 0.6 is 15.9 Å². The molecule has 0 bridgehead atoms. The molecule has 0 spiro atoms. The Morgan fingerprint density at radius 2 is 2.05 bits per heavy atom. The highest BCUT2D eigenvalue weighted by molar-refractivity contribution is 9.10. The van der Waals surface area contributed by atoms with E-state index in [0.29, 0.717) is 31.2 Å². The lowest BCUT2D eigenvalue weighted by Crippen LogP contribution is -2.42. The molecule has 1 heterocycles. The number of nitrogens with two attached hydrogens (primary N) is 1. The van der Waals surface area contributed by atoms with Crippen LogP contribution in [0.3, 0.4) is 0 Å². The number of rotatable bonds is 4. The van der Waals surface area contributed by atoms with Crippen molar-refractivity contribution in [2.24, 2.45) is 11.7 Å². The smallest absolute Gasteiger partial charge is 0.301 e. The largest absolute Gasteiger partial charge is 0.330 e. The first-order chi connectivity index (χ1) is 9.01. The maximum absolute atomic E-state index is 12.2. The van der Waals surface area contributed by atoms with Gasteiger partial charge in [0.25, 0.3) is 0 Å². The first-order valence-corrected chi connectivity index (χ1v) is 8.48. The fourth-order valence-corrected chi connectivity index (χ4v) is 3.80. The van der Waals surface area contributed by atoms with Crippen LogP contribution < -0.4 is 10.5 Å². The lowest BCUT2D eigenvalue weighted by molar-refractivity contribution is 0.280. The molecule has 1 aromatic rings. The van der Waals surface area contributed by atoms with Crippen LogP contribution in [-0.4, -0.2) is 32.4 Å². The Kier molecular flexibility index (Phi) is 4.83. The van der Waals surface area contributed by atoms with Gasteiger partial charge in [-0.25, -0.2) is 0 Å². The monoisotopic (exact) mass is 347 g/mol. The first kappa shape index (κ1) is 14.8.